The van der Waals surface area contributed by atoms with Crippen LogP contribution in [0.3, 0.4) is 0 Å². The van der Waals surface area contributed by atoms with Gasteiger partial charge in [-0.1, -0.05) is 12.1 Å². The van der Waals surface area contributed by atoms with Crippen molar-refractivity contribution < 1.29 is 19.0 Å². The van der Waals surface area contributed by atoms with Gasteiger partial charge in [-0.05, 0) is 17.7 Å². The van der Waals surface area contributed by atoms with Crippen LogP contribution in [0.1, 0.15) is 5.56 Å². The monoisotopic (exact) mass is 237 g/mol. The van der Waals surface area contributed by atoms with Crippen LogP contribution in [-0.4, -0.2) is 32.5 Å². The molecule has 0 bridgehead atoms. The number of methoxy groups -OCH3 is 1. The Labute approximate surface area is 99.7 Å². The Hall–Kier alpha value is -1.75. The zero-order valence-electron chi connectivity index (χ0n) is 9.64. The normalized spacial score (nSPS) is 14.9. The van der Waals surface area contributed by atoms with E-state index in [0.29, 0.717) is 13.2 Å². The molecule has 5 nitrogen and oxygen atoms in total. The molecule has 1 aromatic carbocycles. The quantitative estimate of drug-likeness (QED) is 0.858. The molecule has 0 aliphatic carbocycles. The largest absolute Gasteiger partial charge is 0.497 e. The standard InChI is InChI=1S/C12H15NO4/c1-15-11-4-2-9(3-5-11)6-17-12(14)13-10-7-16-8-10/h2-5,10H,6-8H2,1H3,(H,13,14). The lowest BCUT2D eigenvalue weighted by molar-refractivity contribution is -0.00588. The molecule has 17 heavy (non-hydrogen) atoms. The molecule has 0 atom stereocenters. The van der Waals surface area contributed by atoms with E-state index < -0.39 is 6.09 Å². The highest BCUT2D eigenvalue weighted by Crippen LogP contribution is 2.12. The number of ether oxygens (including phenoxy) is 3. The van der Waals surface area contributed by atoms with Gasteiger partial charge in [0.15, 0.2) is 0 Å². The average molecular weight is 237 g/mol. The van der Waals surface area contributed by atoms with Gasteiger partial charge in [0, 0.05) is 0 Å². The zero-order chi connectivity index (χ0) is 12.1. The summed E-state index contributed by atoms with van der Waals surface area (Å²) in [6.07, 6.45) is -0.408. The van der Waals surface area contributed by atoms with E-state index in [0.717, 1.165) is 11.3 Å². The summed E-state index contributed by atoms with van der Waals surface area (Å²) >= 11 is 0. The molecule has 0 spiro atoms. The first-order valence-electron chi connectivity index (χ1n) is 5.42. The third kappa shape index (κ3) is 3.35. The minimum Gasteiger partial charge on any atom is -0.497 e. The molecule has 1 amide bonds. The summed E-state index contributed by atoms with van der Waals surface area (Å²) in [5, 5.41) is 2.70. The van der Waals surface area contributed by atoms with Crippen LogP contribution in [-0.2, 0) is 16.1 Å². The Balaban J connectivity index is 1.74. The van der Waals surface area contributed by atoms with E-state index in [1.807, 2.05) is 24.3 Å². The second kappa shape index (κ2) is 5.54. The van der Waals surface area contributed by atoms with E-state index in [-0.39, 0.29) is 12.6 Å². The summed E-state index contributed by atoms with van der Waals surface area (Å²) < 4.78 is 15.0. The van der Waals surface area contributed by atoms with Crippen molar-refractivity contribution in [3.05, 3.63) is 29.8 Å². The Morgan fingerprint density at radius 2 is 2.12 bits per heavy atom. The fraction of sp³-hybridized carbons (Fsp3) is 0.417. The van der Waals surface area contributed by atoms with Crippen molar-refractivity contribution in [1.29, 1.82) is 0 Å². The molecule has 1 fully saturated rings. The molecule has 92 valence electrons. The van der Waals surface area contributed by atoms with Crippen molar-refractivity contribution in [2.75, 3.05) is 20.3 Å². The van der Waals surface area contributed by atoms with Crippen LogP contribution in [0.15, 0.2) is 24.3 Å². The number of alkyl carbamates (subject to hydrolysis) is 1. The Morgan fingerprint density at radius 3 is 2.65 bits per heavy atom. The van der Waals surface area contributed by atoms with Crippen molar-refractivity contribution in [2.45, 2.75) is 12.6 Å². The van der Waals surface area contributed by atoms with Crippen LogP contribution in [0.2, 0.25) is 0 Å². The number of carbonyl (C=O) groups excluding carboxylic acids is 1. The maximum Gasteiger partial charge on any atom is 0.407 e. The fourth-order valence-corrected chi connectivity index (χ4v) is 1.40. The SMILES string of the molecule is COc1ccc(COC(=O)NC2COC2)cc1. The lowest BCUT2D eigenvalue weighted by Gasteiger charge is -2.26. The zero-order valence-corrected chi connectivity index (χ0v) is 9.64. The molecule has 1 N–H and O–H groups in total. The van der Waals surface area contributed by atoms with E-state index in [1.54, 1.807) is 7.11 Å². The topological polar surface area (TPSA) is 56.8 Å². The summed E-state index contributed by atoms with van der Waals surface area (Å²) in [6, 6.07) is 7.47. The van der Waals surface area contributed by atoms with Crippen LogP contribution >= 0.6 is 0 Å². The minimum absolute atomic E-state index is 0.0957. The van der Waals surface area contributed by atoms with Crippen molar-refractivity contribution in [2.24, 2.45) is 0 Å². The molecule has 0 unspecified atom stereocenters. The van der Waals surface area contributed by atoms with E-state index in [4.69, 9.17) is 14.2 Å². The molecule has 1 aromatic rings. The van der Waals surface area contributed by atoms with Gasteiger partial charge in [0.1, 0.15) is 12.4 Å². The number of hydrogen-bond acceptors (Lipinski definition) is 4. The van der Waals surface area contributed by atoms with Gasteiger partial charge < -0.3 is 19.5 Å². The van der Waals surface area contributed by atoms with E-state index in [9.17, 15) is 4.79 Å². The van der Waals surface area contributed by atoms with Crippen LogP contribution in [0.4, 0.5) is 4.79 Å². The van der Waals surface area contributed by atoms with Crippen LogP contribution in [0, 0.1) is 0 Å². The first-order chi connectivity index (χ1) is 8.28. The predicted octanol–water partition coefficient (Wildman–Crippen LogP) is 1.32. The van der Waals surface area contributed by atoms with Gasteiger partial charge in [-0.25, -0.2) is 4.79 Å². The fourth-order valence-electron chi connectivity index (χ4n) is 1.40. The molecule has 0 aromatic heterocycles. The molecule has 2 rings (SSSR count). The highest BCUT2D eigenvalue weighted by Gasteiger charge is 2.20. The molecule has 5 heteroatoms. The van der Waals surface area contributed by atoms with E-state index >= 15 is 0 Å². The minimum atomic E-state index is -0.408. The number of carbonyl (C=O) groups is 1. The third-order valence-electron chi connectivity index (χ3n) is 2.49. The highest BCUT2D eigenvalue weighted by molar-refractivity contribution is 5.67. The molecule has 1 saturated heterocycles. The maximum atomic E-state index is 11.3. The molecule has 0 radical (unpaired) electrons. The van der Waals surface area contributed by atoms with Gasteiger partial charge in [0.05, 0.1) is 26.4 Å². The predicted molar refractivity (Wildman–Crippen MR) is 60.9 cm³/mol. The lowest BCUT2D eigenvalue weighted by Crippen LogP contribution is -2.48. The third-order valence-corrected chi connectivity index (χ3v) is 2.49. The molecular weight excluding hydrogens is 222 g/mol. The Kier molecular flexibility index (Phi) is 3.82. The van der Waals surface area contributed by atoms with Crippen LogP contribution in [0.25, 0.3) is 0 Å². The summed E-state index contributed by atoms with van der Waals surface area (Å²) in [4.78, 5) is 11.3. The summed E-state index contributed by atoms with van der Waals surface area (Å²) in [5.74, 6) is 0.782. The lowest BCUT2D eigenvalue weighted by atomic mass is 10.2. The number of benzene rings is 1. The van der Waals surface area contributed by atoms with Crippen molar-refractivity contribution >= 4 is 6.09 Å². The van der Waals surface area contributed by atoms with E-state index in [2.05, 4.69) is 5.32 Å². The van der Waals surface area contributed by atoms with Gasteiger partial charge in [-0.2, -0.15) is 0 Å². The molecule has 1 heterocycles. The molecular formula is C12H15NO4. The Bertz CT molecular complexity index is 373. The molecule has 1 aliphatic rings. The number of amides is 1. The number of hydrogen-bond donors (Lipinski definition) is 1. The van der Waals surface area contributed by atoms with Gasteiger partial charge in [0.2, 0.25) is 0 Å². The van der Waals surface area contributed by atoms with Crippen molar-refractivity contribution in [1.82, 2.24) is 5.32 Å². The summed E-state index contributed by atoms with van der Waals surface area (Å²) in [6.45, 7) is 1.39. The van der Waals surface area contributed by atoms with Crippen molar-refractivity contribution in [3.63, 3.8) is 0 Å². The second-order valence-electron chi connectivity index (χ2n) is 3.80. The van der Waals surface area contributed by atoms with Gasteiger partial charge in [0.25, 0.3) is 0 Å². The second-order valence-corrected chi connectivity index (χ2v) is 3.80. The molecule has 1 aliphatic heterocycles. The van der Waals surface area contributed by atoms with Gasteiger partial charge in [-0.3, -0.25) is 0 Å². The van der Waals surface area contributed by atoms with Crippen LogP contribution in [0.5, 0.6) is 5.75 Å². The van der Waals surface area contributed by atoms with Crippen LogP contribution < -0.4 is 10.1 Å². The number of nitrogens with one attached hydrogen (secondary N) is 1. The Morgan fingerprint density at radius 1 is 1.41 bits per heavy atom. The summed E-state index contributed by atoms with van der Waals surface area (Å²) in [7, 11) is 1.61. The van der Waals surface area contributed by atoms with Gasteiger partial charge >= 0.3 is 6.09 Å². The number of rotatable bonds is 4. The highest BCUT2D eigenvalue weighted by atomic mass is 16.6. The molecule has 0 saturated carbocycles. The first kappa shape index (κ1) is 11.7. The van der Waals surface area contributed by atoms with E-state index in [1.165, 1.54) is 0 Å². The average Bonchev–Trinajstić information content (AvgIpc) is 2.32. The van der Waals surface area contributed by atoms with Crippen molar-refractivity contribution in [3.8, 4) is 5.75 Å². The first-order valence-corrected chi connectivity index (χ1v) is 5.42. The summed E-state index contributed by atoms with van der Waals surface area (Å²) in [5.41, 5.74) is 0.922. The smallest absolute Gasteiger partial charge is 0.407 e. The van der Waals surface area contributed by atoms with Gasteiger partial charge in [-0.15, -0.1) is 0 Å². The maximum absolute atomic E-state index is 11.3.